The topological polar surface area (TPSA) is 20.2 Å². The van der Waals surface area contributed by atoms with Crippen LogP contribution in [0.1, 0.15) is 67.2 Å². The first-order chi connectivity index (χ1) is 6.06. The van der Waals surface area contributed by atoms with Gasteiger partial charge in [0.05, 0.1) is 0 Å². The first-order valence-electron chi connectivity index (χ1n) is 5.67. The van der Waals surface area contributed by atoms with E-state index in [1.54, 1.807) is 0 Å². The Kier molecular flexibility index (Phi) is 32.6. The van der Waals surface area contributed by atoms with Gasteiger partial charge in [-0.15, -0.1) is 0 Å². The van der Waals surface area contributed by atoms with Crippen LogP contribution in [0.4, 0.5) is 0 Å². The summed E-state index contributed by atoms with van der Waals surface area (Å²) in [6.45, 7) is 13.2. The van der Waals surface area contributed by atoms with E-state index >= 15 is 0 Å². The molecule has 0 aromatic carbocycles. The number of unbranched alkanes of at least 4 members (excludes halogenated alkanes) is 2. The summed E-state index contributed by atoms with van der Waals surface area (Å²) in [6.07, 6.45) is 4.58. The molecule has 1 nitrogen and oxygen atoms in total. The van der Waals surface area contributed by atoms with Crippen molar-refractivity contribution in [2.75, 3.05) is 6.61 Å². The van der Waals surface area contributed by atoms with E-state index in [0.717, 1.165) is 18.8 Å². The highest BCUT2D eigenvalue weighted by Crippen LogP contribution is 1.89. The van der Waals surface area contributed by atoms with Crippen LogP contribution in [0.3, 0.4) is 0 Å². The van der Waals surface area contributed by atoms with Crippen LogP contribution in [0.15, 0.2) is 0 Å². The molecule has 0 atom stereocenters. The predicted octanol–water partition coefficient (Wildman–Crippen LogP) is 4.25. The lowest BCUT2D eigenvalue weighted by molar-refractivity contribution is 0.284. The van der Waals surface area contributed by atoms with Crippen LogP contribution in [0, 0.1) is 5.92 Å². The number of aliphatic hydroxyl groups is 1. The first-order valence-corrected chi connectivity index (χ1v) is 5.67. The SMILES string of the molecule is CC(C)C.CCC.CCCCCO. The van der Waals surface area contributed by atoms with Gasteiger partial charge in [0.1, 0.15) is 0 Å². The van der Waals surface area contributed by atoms with Crippen molar-refractivity contribution in [3.8, 4) is 0 Å². The summed E-state index contributed by atoms with van der Waals surface area (Å²) < 4.78 is 0. The van der Waals surface area contributed by atoms with Crippen LogP contribution in [-0.2, 0) is 0 Å². The van der Waals surface area contributed by atoms with E-state index in [1.807, 2.05) is 0 Å². The highest BCUT2D eigenvalue weighted by Gasteiger charge is 1.76. The van der Waals surface area contributed by atoms with Crippen LogP contribution in [0.5, 0.6) is 0 Å². The van der Waals surface area contributed by atoms with Crippen molar-refractivity contribution in [1.29, 1.82) is 0 Å². The van der Waals surface area contributed by atoms with Crippen LogP contribution < -0.4 is 0 Å². The molecule has 0 saturated carbocycles. The summed E-state index contributed by atoms with van der Waals surface area (Å²) in [4.78, 5) is 0. The van der Waals surface area contributed by atoms with Gasteiger partial charge in [0.2, 0.25) is 0 Å². The second-order valence-corrected chi connectivity index (χ2v) is 3.87. The fourth-order valence-electron chi connectivity index (χ4n) is 0.362. The van der Waals surface area contributed by atoms with Gasteiger partial charge in [0.25, 0.3) is 0 Å². The van der Waals surface area contributed by atoms with Gasteiger partial charge in [0, 0.05) is 6.61 Å². The number of hydrogen-bond acceptors (Lipinski definition) is 1. The van der Waals surface area contributed by atoms with Crippen molar-refractivity contribution >= 4 is 0 Å². The number of aliphatic hydroxyl groups excluding tert-OH is 1. The smallest absolute Gasteiger partial charge is 0.0431 e. The second kappa shape index (κ2) is 22.7. The molecule has 13 heavy (non-hydrogen) atoms. The minimum Gasteiger partial charge on any atom is -0.396 e. The van der Waals surface area contributed by atoms with E-state index in [-0.39, 0.29) is 0 Å². The molecule has 0 aliphatic carbocycles. The third kappa shape index (κ3) is 135. The first kappa shape index (κ1) is 18.7. The molecule has 0 bridgehead atoms. The maximum absolute atomic E-state index is 8.20. The quantitative estimate of drug-likeness (QED) is 0.660. The molecule has 84 valence electrons. The normalized spacial score (nSPS) is 8.31. The Labute approximate surface area is 85.6 Å². The van der Waals surface area contributed by atoms with E-state index in [4.69, 9.17) is 5.11 Å². The molecule has 0 heterocycles. The van der Waals surface area contributed by atoms with Gasteiger partial charge < -0.3 is 5.11 Å². The van der Waals surface area contributed by atoms with E-state index in [9.17, 15) is 0 Å². The van der Waals surface area contributed by atoms with E-state index in [2.05, 4.69) is 41.5 Å². The fraction of sp³-hybridized carbons (Fsp3) is 1.00. The molecule has 0 aliphatic rings. The molecule has 0 aliphatic heterocycles. The molecule has 1 heteroatoms. The van der Waals surface area contributed by atoms with Crippen LogP contribution in [0.25, 0.3) is 0 Å². The lowest BCUT2D eigenvalue weighted by atomic mass is 10.3. The van der Waals surface area contributed by atoms with Crippen molar-refractivity contribution < 1.29 is 5.11 Å². The van der Waals surface area contributed by atoms with Crippen molar-refractivity contribution in [3.05, 3.63) is 0 Å². The molecule has 0 unspecified atom stereocenters. The van der Waals surface area contributed by atoms with Crippen molar-refractivity contribution in [2.24, 2.45) is 5.92 Å². The zero-order valence-electron chi connectivity index (χ0n) is 10.6. The summed E-state index contributed by atoms with van der Waals surface area (Å²) >= 11 is 0. The Morgan fingerprint density at radius 3 is 1.31 bits per heavy atom. The van der Waals surface area contributed by atoms with Gasteiger partial charge >= 0.3 is 0 Å². The Balaban J connectivity index is -0.000000125. The summed E-state index contributed by atoms with van der Waals surface area (Å²) in [7, 11) is 0. The highest BCUT2D eigenvalue weighted by molar-refractivity contribution is 4.30. The Bertz CT molecular complexity index is 44.3. The van der Waals surface area contributed by atoms with Gasteiger partial charge in [-0.05, 0) is 12.3 Å². The second-order valence-electron chi connectivity index (χ2n) is 3.87. The van der Waals surface area contributed by atoms with Crippen molar-refractivity contribution in [1.82, 2.24) is 0 Å². The van der Waals surface area contributed by atoms with E-state index in [1.165, 1.54) is 12.8 Å². The summed E-state index contributed by atoms with van der Waals surface area (Å²) in [5, 5.41) is 8.20. The minimum atomic E-state index is 0.355. The Hall–Kier alpha value is -0.0400. The largest absolute Gasteiger partial charge is 0.396 e. The third-order valence-electron chi connectivity index (χ3n) is 0.762. The zero-order chi connectivity index (χ0) is 11.1. The number of hydrogen-bond donors (Lipinski definition) is 1. The number of rotatable bonds is 3. The van der Waals surface area contributed by atoms with Gasteiger partial charge in [-0.1, -0.05) is 60.8 Å². The molecule has 1 N–H and O–H groups in total. The van der Waals surface area contributed by atoms with E-state index in [0.29, 0.717) is 6.61 Å². The van der Waals surface area contributed by atoms with Gasteiger partial charge in [0.15, 0.2) is 0 Å². The maximum Gasteiger partial charge on any atom is 0.0431 e. The Morgan fingerprint density at radius 1 is 0.923 bits per heavy atom. The Morgan fingerprint density at radius 2 is 1.23 bits per heavy atom. The fourth-order valence-corrected chi connectivity index (χ4v) is 0.362. The van der Waals surface area contributed by atoms with Crippen molar-refractivity contribution in [3.63, 3.8) is 0 Å². The summed E-state index contributed by atoms with van der Waals surface area (Å²) in [5.41, 5.74) is 0. The summed E-state index contributed by atoms with van der Waals surface area (Å²) in [5.74, 6) is 0.833. The van der Waals surface area contributed by atoms with Crippen LogP contribution in [0.2, 0.25) is 0 Å². The zero-order valence-corrected chi connectivity index (χ0v) is 10.6. The maximum atomic E-state index is 8.20. The van der Waals surface area contributed by atoms with Crippen molar-refractivity contribution in [2.45, 2.75) is 67.2 Å². The molecule has 0 amide bonds. The van der Waals surface area contributed by atoms with Gasteiger partial charge in [-0.3, -0.25) is 0 Å². The molecule has 0 fully saturated rings. The molecule has 0 aromatic rings. The lowest BCUT2D eigenvalue weighted by Crippen LogP contribution is -1.78. The summed E-state index contributed by atoms with van der Waals surface area (Å²) in [6, 6.07) is 0. The third-order valence-corrected chi connectivity index (χ3v) is 0.762. The van der Waals surface area contributed by atoms with Crippen LogP contribution >= 0.6 is 0 Å². The minimum absolute atomic E-state index is 0.355. The monoisotopic (exact) mass is 190 g/mol. The highest BCUT2D eigenvalue weighted by atomic mass is 16.2. The van der Waals surface area contributed by atoms with Crippen LogP contribution in [-0.4, -0.2) is 11.7 Å². The standard InChI is InChI=1S/C5H12O.C4H10.C3H8/c1-2-3-4-5-6;1-4(2)3;1-3-2/h6H,2-5H2,1H3;4H,1-3H3;3H2,1-2H3. The van der Waals surface area contributed by atoms with E-state index < -0.39 is 0 Å². The average molecular weight is 190 g/mol. The molecule has 0 spiro atoms. The van der Waals surface area contributed by atoms with Gasteiger partial charge in [-0.25, -0.2) is 0 Å². The molecule has 0 aromatic heterocycles. The lowest BCUT2D eigenvalue weighted by Gasteiger charge is -1.85. The molecular formula is C12H30O. The molecular weight excluding hydrogens is 160 g/mol. The van der Waals surface area contributed by atoms with Gasteiger partial charge in [-0.2, -0.15) is 0 Å². The molecule has 0 radical (unpaired) electrons. The molecule has 0 saturated heterocycles. The predicted molar refractivity (Wildman–Crippen MR) is 63.1 cm³/mol. The average Bonchev–Trinajstić information content (AvgIpc) is 2.01. The molecule has 0 rings (SSSR count).